The fourth-order valence-electron chi connectivity index (χ4n) is 5.62. The Bertz CT molecular complexity index is 408. The number of hydrogen-bond acceptors (Lipinski definition) is 2. The summed E-state index contributed by atoms with van der Waals surface area (Å²) in [6.45, 7) is 4.15. The van der Waals surface area contributed by atoms with Crippen LogP contribution in [0.4, 0.5) is 0 Å². The summed E-state index contributed by atoms with van der Waals surface area (Å²) in [5.74, 6) is 0.761. The number of carbonyl (C=O) groups excluding carboxylic acids is 1. The third kappa shape index (κ3) is 5.33. The van der Waals surface area contributed by atoms with Crippen molar-refractivity contribution in [1.29, 1.82) is 0 Å². The Hall–Kier alpha value is 0.160. The van der Waals surface area contributed by atoms with Crippen LogP contribution in [-0.4, -0.2) is 43.7 Å². The highest BCUT2D eigenvalue weighted by Crippen LogP contribution is 2.49. The fourth-order valence-corrected chi connectivity index (χ4v) is 5.62. The molecule has 0 unspecified atom stereocenters. The van der Waals surface area contributed by atoms with Crippen molar-refractivity contribution in [3.63, 3.8) is 0 Å². The molecule has 0 bridgehead atoms. The molecule has 1 heterocycles. The van der Waals surface area contributed by atoms with Gasteiger partial charge in [-0.05, 0) is 50.9 Å². The van der Waals surface area contributed by atoms with Crippen LogP contribution in [0.3, 0.4) is 0 Å². The van der Waals surface area contributed by atoms with Crippen LogP contribution in [0.25, 0.3) is 0 Å². The molecule has 1 saturated heterocycles. The zero-order chi connectivity index (χ0) is 16.9. The van der Waals surface area contributed by atoms with E-state index in [1.807, 2.05) is 0 Å². The highest BCUT2D eigenvalue weighted by atomic mass is 127. The molecule has 146 valence electrons. The van der Waals surface area contributed by atoms with Crippen molar-refractivity contribution in [2.24, 2.45) is 11.3 Å². The number of piperidine rings is 1. The Kier molecular flexibility index (Phi) is 8.51. The lowest BCUT2D eigenvalue weighted by Crippen LogP contribution is -3.00. The summed E-state index contributed by atoms with van der Waals surface area (Å²) >= 11 is 0. The van der Waals surface area contributed by atoms with E-state index in [1.54, 1.807) is 0 Å². The molecule has 3 nitrogen and oxygen atoms in total. The Balaban J connectivity index is 0.00000225. The SMILES string of the molecule is C[N+]1(CCOC(=O)C2(C3CCCCC3)CCCCC2)CCCCC1.[I-]. The molecule has 0 spiro atoms. The fraction of sp³-hybridized carbons (Fsp3) is 0.952. The van der Waals surface area contributed by atoms with Crippen molar-refractivity contribution in [3.8, 4) is 0 Å². The second-order valence-electron chi connectivity index (χ2n) is 9.04. The average Bonchev–Trinajstić information content (AvgIpc) is 2.63. The van der Waals surface area contributed by atoms with Gasteiger partial charge in [0.15, 0.2) is 0 Å². The average molecular weight is 463 g/mol. The van der Waals surface area contributed by atoms with Crippen LogP contribution in [-0.2, 0) is 9.53 Å². The van der Waals surface area contributed by atoms with Gasteiger partial charge in [-0.2, -0.15) is 0 Å². The minimum Gasteiger partial charge on any atom is -1.00 e. The van der Waals surface area contributed by atoms with Gasteiger partial charge < -0.3 is 33.2 Å². The molecule has 0 aromatic rings. The summed E-state index contributed by atoms with van der Waals surface area (Å²) < 4.78 is 7.05. The Morgan fingerprint density at radius 3 is 2.12 bits per heavy atom. The van der Waals surface area contributed by atoms with E-state index in [0.29, 0.717) is 12.5 Å². The second-order valence-corrected chi connectivity index (χ2v) is 9.04. The second kappa shape index (κ2) is 9.91. The zero-order valence-electron chi connectivity index (χ0n) is 16.2. The summed E-state index contributed by atoms with van der Waals surface area (Å²) in [7, 11) is 2.34. The highest BCUT2D eigenvalue weighted by Gasteiger charge is 2.47. The first-order valence-corrected chi connectivity index (χ1v) is 10.7. The van der Waals surface area contributed by atoms with Gasteiger partial charge in [0.05, 0.1) is 25.6 Å². The molecule has 0 aromatic heterocycles. The van der Waals surface area contributed by atoms with Gasteiger partial charge in [-0.1, -0.05) is 38.5 Å². The van der Waals surface area contributed by atoms with E-state index in [2.05, 4.69) is 7.05 Å². The third-order valence-electron chi connectivity index (χ3n) is 7.30. The first-order valence-electron chi connectivity index (χ1n) is 10.7. The number of esters is 1. The van der Waals surface area contributed by atoms with E-state index in [0.717, 1.165) is 23.9 Å². The molecule has 0 N–H and O–H groups in total. The van der Waals surface area contributed by atoms with Gasteiger partial charge in [0.1, 0.15) is 13.2 Å². The quantitative estimate of drug-likeness (QED) is 0.353. The maximum atomic E-state index is 13.1. The van der Waals surface area contributed by atoms with E-state index in [9.17, 15) is 4.79 Å². The number of likely N-dealkylation sites (tertiary alicyclic amines) is 1. The van der Waals surface area contributed by atoms with Crippen molar-refractivity contribution in [2.75, 3.05) is 33.3 Å². The van der Waals surface area contributed by atoms with Gasteiger partial charge >= 0.3 is 5.97 Å². The summed E-state index contributed by atoms with van der Waals surface area (Å²) in [5.41, 5.74) is -0.126. The number of likely N-dealkylation sites (N-methyl/N-ethyl adjacent to an activating group) is 1. The standard InChI is InChI=1S/C21H38NO2.HI/c1-22(15-9-4-10-16-22)17-18-24-20(23)21(13-7-3-8-14-21)19-11-5-2-6-12-19;/h19H,2-18H2,1H3;1H/q+1;/p-1. The molecule has 0 aromatic carbocycles. The number of nitrogens with zero attached hydrogens (tertiary/aromatic N) is 1. The number of quaternary nitrogens is 1. The third-order valence-corrected chi connectivity index (χ3v) is 7.30. The van der Waals surface area contributed by atoms with Crippen LogP contribution in [0.2, 0.25) is 0 Å². The van der Waals surface area contributed by atoms with Crippen LogP contribution in [0.15, 0.2) is 0 Å². The maximum Gasteiger partial charge on any atom is 0.312 e. The Morgan fingerprint density at radius 1 is 0.920 bits per heavy atom. The van der Waals surface area contributed by atoms with Crippen LogP contribution in [0.5, 0.6) is 0 Å². The normalized spacial score (nSPS) is 26.4. The number of carbonyl (C=O) groups is 1. The van der Waals surface area contributed by atoms with Gasteiger partial charge in [-0.25, -0.2) is 0 Å². The first-order chi connectivity index (χ1) is 11.6. The first kappa shape index (κ1) is 21.5. The predicted molar refractivity (Wildman–Crippen MR) is 97.7 cm³/mol. The molecule has 3 aliphatic rings. The van der Waals surface area contributed by atoms with Crippen molar-refractivity contribution >= 4 is 5.97 Å². The minimum atomic E-state index is -0.126. The number of rotatable bonds is 5. The van der Waals surface area contributed by atoms with Crippen molar-refractivity contribution in [2.45, 2.75) is 83.5 Å². The molecule has 3 fully saturated rings. The zero-order valence-corrected chi connectivity index (χ0v) is 18.4. The van der Waals surface area contributed by atoms with Gasteiger partial charge in [0.2, 0.25) is 0 Å². The lowest BCUT2D eigenvalue weighted by molar-refractivity contribution is -0.914. The molecule has 2 aliphatic carbocycles. The molecule has 0 amide bonds. The number of ether oxygens (including phenoxy) is 1. The molecule has 3 rings (SSSR count). The van der Waals surface area contributed by atoms with E-state index in [1.165, 1.54) is 83.7 Å². The Labute approximate surface area is 171 Å². The van der Waals surface area contributed by atoms with Crippen LogP contribution in [0, 0.1) is 11.3 Å². The van der Waals surface area contributed by atoms with E-state index in [4.69, 9.17) is 4.74 Å². The van der Waals surface area contributed by atoms with E-state index in [-0.39, 0.29) is 35.4 Å². The minimum absolute atomic E-state index is 0. The van der Waals surface area contributed by atoms with Crippen molar-refractivity contribution < 1.29 is 38.0 Å². The van der Waals surface area contributed by atoms with Crippen molar-refractivity contribution in [3.05, 3.63) is 0 Å². The largest absolute Gasteiger partial charge is 1.00 e. The highest BCUT2D eigenvalue weighted by molar-refractivity contribution is 5.77. The van der Waals surface area contributed by atoms with E-state index >= 15 is 0 Å². The smallest absolute Gasteiger partial charge is 0.312 e. The monoisotopic (exact) mass is 463 g/mol. The topological polar surface area (TPSA) is 26.3 Å². The lowest BCUT2D eigenvalue weighted by Gasteiger charge is -2.43. The molecule has 2 saturated carbocycles. The van der Waals surface area contributed by atoms with Crippen LogP contribution >= 0.6 is 0 Å². The molecule has 1 aliphatic heterocycles. The molecule has 25 heavy (non-hydrogen) atoms. The Morgan fingerprint density at radius 2 is 1.48 bits per heavy atom. The molecule has 4 heteroatoms. The number of hydrogen-bond donors (Lipinski definition) is 0. The van der Waals surface area contributed by atoms with Crippen molar-refractivity contribution in [1.82, 2.24) is 0 Å². The van der Waals surface area contributed by atoms with Gasteiger partial charge in [0.25, 0.3) is 0 Å². The summed E-state index contributed by atoms with van der Waals surface area (Å²) in [6.07, 6.45) is 16.4. The maximum absolute atomic E-state index is 13.1. The lowest BCUT2D eigenvalue weighted by atomic mass is 9.62. The summed E-state index contributed by atoms with van der Waals surface area (Å²) in [5, 5.41) is 0. The summed E-state index contributed by atoms with van der Waals surface area (Å²) in [4.78, 5) is 13.1. The molecular weight excluding hydrogens is 425 g/mol. The van der Waals surface area contributed by atoms with Gasteiger partial charge in [-0.3, -0.25) is 4.79 Å². The van der Waals surface area contributed by atoms with Crippen LogP contribution in [0.1, 0.15) is 83.5 Å². The molecular formula is C21H38INO2. The molecule has 0 radical (unpaired) electrons. The van der Waals surface area contributed by atoms with Gasteiger partial charge in [-0.15, -0.1) is 0 Å². The van der Waals surface area contributed by atoms with Gasteiger partial charge in [0, 0.05) is 0 Å². The predicted octanol–water partition coefficient (Wildman–Crippen LogP) is 1.69. The molecule has 0 atom stereocenters. The summed E-state index contributed by atoms with van der Waals surface area (Å²) in [6, 6.07) is 0. The van der Waals surface area contributed by atoms with Crippen LogP contribution < -0.4 is 24.0 Å². The van der Waals surface area contributed by atoms with E-state index < -0.39 is 0 Å². The number of halogens is 1.